The maximum Gasteiger partial charge on any atom is 0.344 e. The lowest BCUT2D eigenvalue weighted by Crippen LogP contribution is -2.37. The normalized spacial score (nSPS) is 16.4. The van der Waals surface area contributed by atoms with E-state index >= 15 is 0 Å². The Hall–Kier alpha value is 0.0300. The summed E-state index contributed by atoms with van der Waals surface area (Å²) in [6.07, 6.45) is -1.09. The molecular formula is C9H22NO5P. The second-order valence-corrected chi connectivity index (χ2v) is 6.09. The van der Waals surface area contributed by atoms with Gasteiger partial charge in [0.05, 0.1) is 12.2 Å². The van der Waals surface area contributed by atoms with Gasteiger partial charge in [-0.1, -0.05) is 0 Å². The van der Waals surface area contributed by atoms with Crippen LogP contribution in [0.2, 0.25) is 0 Å². The molecule has 0 radical (unpaired) electrons. The maximum absolute atomic E-state index is 11.9. The first kappa shape index (κ1) is 16.0. The molecule has 0 amide bonds. The molecule has 0 spiro atoms. The van der Waals surface area contributed by atoms with Crippen LogP contribution in [0.15, 0.2) is 0 Å². The quantitative estimate of drug-likeness (QED) is 0.615. The highest BCUT2D eigenvalue weighted by molar-refractivity contribution is 7.53. The molecule has 0 saturated carbocycles. The lowest BCUT2D eigenvalue weighted by Gasteiger charge is -2.27. The van der Waals surface area contributed by atoms with E-state index in [1.807, 2.05) is 0 Å². The molecule has 0 saturated heterocycles. The molecular weight excluding hydrogens is 233 g/mol. The fraction of sp³-hybridized carbons (Fsp3) is 1.00. The third-order valence-electron chi connectivity index (χ3n) is 1.97. The molecule has 6 nitrogen and oxygen atoms in total. The minimum absolute atomic E-state index is 0.0514. The predicted molar refractivity (Wildman–Crippen MR) is 61.4 cm³/mol. The van der Waals surface area contributed by atoms with Crippen LogP contribution in [0.5, 0.6) is 0 Å². The SMILES string of the molecule is COP(=O)(CN(C[C@H](C)O)C[C@H](C)O)OC. The third-order valence-corrected chi connectivity index (χ3v) is 3.83. The summed E-state index contributed by atoms with van der Waals surface area (Å²) in [6.45, 7) is 3.86. The second kappa shape index (κ2) is 7.37. The van der Waals surface area contributed by atoms with Crippen LogP contribution in [0.25, 0.3) is 0 Å². The summed E-state index contributed by atoms with van der Waals surface area (Å²) in [5.74, 6) is 0. The molecule has 0 aliphatic heterocycles. The van der Waals surface area contributed by atoms with E-state index in [2.05, 4.69) is 0 Å². The van der Waals surface area contributed by atoms with E-state index in [0.717, 1.165) is 0 Å². The molecule has 0 aromatic carbocycles. The number of aliphatic hydroxyl groups is 2. The van der Waals surface area contributed by atoms with Crippen LogP contribution in [-0.4, -0.2) is 60.9 Å². The van der Waals surface area contributed by atoms with Crippen molar-refractivity contribution in [3.05, 3.63) is 0 Å². The van der Waals surface area contributed by atoms with E-state index in [9.17, 15) is 14.8 Å². The van der Waals surface area contributed by atoms with Gasteiger partial charge in [-0.15, -0.1) is 0 Å². The predicted octanol–water partition coefficient (Wildman–Crippen LogP) is 0.493. The number of hydrogen-bond acceptors (Lipinski definition) is 6. The molecule has 0 heterocycles. The highest BCUT2D eigenvalue weighted by Gasteiger charge is 2.26. The molecule has 0 rings (SSSR count). The van der Waals surface area contributed by atoms with Crippen molar-refractivity contribution in [2.75, 3.05) is 33.6 Å². The zero-order chi connectivity index (χ0) is 12.8. The van der Waals surface area contributed by atoms with Crippen molar-refractivity contribution in [2.24, 2.45) is 0 Å². The van der Waals surface area contributed by atoms with Crippen molar-refractivity contribution < 1.29 is 23.8 Å². The number of nitrogens with zero attached hydrogens (tertiary/aromatic N) is 1. The van der Waals surface area contributed by atoms with Gasteiger partial charge in [0, 0.05) is 27.3 Å². The summed E-state index contributed by atoms with van der Waals surface area (Å²) in [5.41, 5.74) is 0. The van der Waals surface area contributed by atoms with Gasteiger partial charge in [-0.05, 0) is 13.8 Å². The summed E-state index contributed by atoms with van der Waals surface area (Å²) in [7, 11) is -0.521. The Bertz CT molecular complexity index is 216. The van der Waals surface area contributed by atoms with E-state index in [4.69, 9.17) is 9.05 Å². The van der Waals surface area contributed by atoms with Crippen LogP contribution < -0.4 is 0 Å². The van der Waals surface area contributed by atoms with Gasteiger partial charge in [-0.25, -0.2) is 0 Å². The highest BCUT2D eigenvalue weighted by Crippen LogP contribution is 2.46. The summed E-state index contributed by atoms with van der Waals surface area (Å²) < 4.78 is 21.5. The first-order valence-corrected chi connectivity index (χ1v) is 6.84. The van der Waals surface area contributed by atoms with Gasteiger partial charge in [0.1, 0.15) is 6.29 Å². The van der Waals surface area contributed by atoms with Gasteiger partial charge < -0.3 is 19.3 Å². The molecule has 0 aromatic heterocycles. The zero-order valence-electron chi connectivity index (χ0n) is 10.3. The van der Waals surface area contributed by atoms with E-state index in [1.165, 1.54) is 14.2 Å². The Morgan fingerprint density at radius 2 is 1.50 bits per heavy atom. The average molecular weight is 255 g/mol. The Labute approximate surface area is 96.7 Å². The van der Waals surface area contributed by atoms with Crippen LogP contribution in [0.1, 0.15) is 13.8 Å². The Morgan fingerprint density at radius 3 is 1.75 bits per heavy atom. The molecule has 0 unspecified atom stereocenters. The molecule has 0 aliphatic carbocycles. The molecule has 0 fully saturated rings. The summed E-state index contributed by atoms with van der Waals surface area (Å²) in [6, 6.07) is 0. The minimum atomic E-state index is -3.15. The minimum Gasteiger partial charge on any atom is -0.392 e. The van der Waals surface area contributed by atoms with Crippen molar-refractivity contribution >= 4 is 7.60 Å². The Kier molecular flexibility index (Phi) is 7.39. The topological polar surface area (TPSA) is 79.2 Å². The van der Waals surface area contributed by atoms with Crippen LogP contribution in [0.4, 0.5) is 0 Å². The zero-order valence-corrected chi connectivity index (χ0v) is 11.2. The molecule has 16 heavy (non-hydrogen) atoms. The summed E-state index contributed by atoms with van der Waals surface area (Å²) in [4.78, 5) is 1.66. The fourth-order valence-corrected chi connectivity index (χ4v) is 2.47. The van der Waals surface area contributed by atoms with Gasteiger partial charge in [0.25, 0.3) is 0 Å². The van der Waals surface area contributed by atoms with Crippen molar-refractivity contribution in [1.82, 2.24) is 4.90 Å². The number of rotatable bonds is 8. The molecule has 0 aliphatic rings. The molecule has 7 heteroatoms. The van der Waals surface area contributed by atoms with E-state index in [1.54, 1.807) is 18.7 Å². The number of hydrogen-bond donors (Lipinski definition) is 2. The van der Waals surface area contributed by atoms with E-state index < -0.39 is 19.8 Å². The van der Waals surface area contributed by atoms with Crippen LogP contribution in [0.3, 0.4) is 0 Å². The maximum atomic E-state index is 11.9. The van der Waals surface area contributed by atoms with Gasteiger partial charge >= 0.3 is 7.60 Å². The van der Waals surface area contributed by atoms with Crippen LogP contribution in [0, 0.1) is 0 Å². The van der Waals surface area contributed by atoms with Gasteiger partial charge in [-0.2, -0.15) is 0 Å². The Balaban J connectivity index is 4.45. The van der Waals surface area contributed by atoms with Crippen molar-refractivity contribution in [3.63, 3.8) is 0 Å². The van der Waals surface area contributed by atoms with Crippen molar-refractivity contribution in [3.8, 4) is 0 Å². The van der Waals surface area contributed by atoms with Crippen LogP contribution >= 0.6 is 7.60 Å². The van der Waals surface area contributed by atoms with E-state index in [-0.39, 0.29) is 6.29 Å². The summed E-state index contributed by atoms with van der Waals surface area (Å²) in [5, 5.41) is 18.6. The largest absolute Gasteiger partial charge is 0.392 e. The molecule has 2 atom stereocenters. The Morgan fingerprint density at radius 1 is 1.12 bits per heavy atom. The second-order valence-electron chi connectivity index (χ2n) is 3.85. The first-order valence-electron chi connectivity index (χ1n) is 5.12. The molecule has 0 aromatic rings. The third kappa shape index (κ3) is 6.58. The van der Waals surface area contributed by atoms with E-state index in [0.29, 0.717) is 13.1 Å². The van der Waals surface area contributed by atoms with Gasteiger partial charge in [0.2, 0.25) is 0 Å². The first-order chi connectivity index (χ1) is 7.33. The summed E-state index contributed by atoms with van der Waals surface area (Å²) >= 11 is 0. The smallest absolute Gasteiger partial charge is 0.344 e. The van der Waals surface area contributed by atoms with Crippen LogP contribution in [-0.2, 0) is 13.6 Å². The standard InChI is InChI=1S/C9H22NO5P/c1-8(11)5-10(6-9(2)12)7-16(13,14-3)15-4/h8-9,11-12H,5-7H2,1-4H3/t8-,9-/m0/s1. The molecule has 2 N–H and O–H groups in total. The molecule has 0 bridgehead atoms. The molecule has 98 valence electrons. The van der Waals surface area contributed by atoms with Crippen molar-refractivity contribution in [2.45, 2.75) is 26.1 Å². The van der Waals surface area contributed by atoms with Crippen molar-refractivity contribution in [1.29, 1.82) is 0 Å². The monoisotopic (exact) mass is 255 g/mol. The lowest BCUT2D eigenvalue weighted by molar-refractivity contribution is 0.0892. The highest BCUT2D eigenvalue weighted by atomic mass is 31.2. The number of aliphatic hydroxyl groups excluding tert-OH is 2. The lowest BCUT2D eigenvalue weighted by atomic mass is 10.3. The van der Waals surface area contributed by atoms with Gasteiger partial charge in [0.15, 0.2) is 0 Å². The average Bonchev–Trinajstić information content (AvgIpc) is 2.15. The fourth-order valence-electron chi connectivity index (χ4n) is 1.37. The van der Waals surface area contributed by atoms with Gasteiger partial charge in [-0.3, -0.25) is 9.46 Å².